The number of hydrogen-bond acceptors (Lipinski definition) is 5. The molecule has 7 rings (SSSR count). The minimum Gasteiger partial charge on any atom is -0.355 e. The molecule has 3 unspecified atom stereocenters. The molecule has 2 N–H and O–H groups in total. The predicted octanol–water partition coefficient (Wildman–Crippen LogP) is 3.30. The van der Waals surface area contributed by atoms with Crippen LogP contribution in [0.1, 0.15) is 71.3 Å². The molecule has 6 aliphatic rings. The van der Waals surface area contributed by atoms with Gasteiger partial charge in [-0.25, -0.2) is 4.98 Å². The van der Waals surface area contributed by atoms with E-state index in [1.165, 1.54) is 6.42 Å². The highest BCUT2D eigenvalue weighted by Gasteiger charge is 2.57. The van der Waals surface area contributed by atoms with E-state index in [9.17, 15) is 9.59 Å². The average Bonchev–Trinajstić information content (AvgIpc) is 3.41. The van der Waals surface area contributed by atoms with Crippen LogP contribution in [-0.2, 0) is 16.0 Å². The molecule has 0 aromatic carbocycles. The minimum atomic E-state index is -0.974. The van der Waals surface area contributed by atoms with Gasteiger partial charge in [-0.3, -0.25) is 14.5 Å². The molecular weight excluding hydrogens is 402 g/mol. The van der Waals surface area contributed by atoms with Crippen molar-refractivity contribution < 1.29 is 9.59 Å². The van der Waals surface area contributed by atoms with Gasteiger partial charge in [0.2, 0.25) is 17.8 Å². The highest BCUT2D eigenvalue weighted by molar-refractivity contribution is 6.14. The van der Waals surface area contributed by atoms with Crippen LogP contribution in [0.25, 0.3) is 0 Å². The van der Waals surface area contributed by atoms with Crippen LogP contribution in [-0.4, -0.2) is 40.4 Å². The first-order chi connectivity index (χ1) is 15.3. The second-order valence-corrected chi connectivity index (χ2v) is 11.6. The first kappa shape index (κ1) is 20.4. The molecule has 32 heavy (non-hydrogen) atoms. The third-order valence-corrected chi connectivity index (χ3v) is 9.82. The maximum absolute atomic E-state index is 13.8. The molecule has 0 radical (unpaired) electrons. The number of carbonyl (C=O) groups is 2. The predicted molar refractivity (Wildman–Crippen MR) is 122 cm³/mol. The van der Waals surface area contributed by atoms with E-state index in [0.717, 1.165) is 55.3 Å². The zero-order chi connectivity index (χ0) is 22.3. The fourth-order valence-electron chi connectivity index (χ4n) is 7.58. The molecule has 1 spiro atoms. The van der Waals surface area contributed by atoms with Gasteiger partial charge in [0.15, 0.2) is 0 Å². The molecule has 2 aliphatic heterocycles. The van der Waals surface area contributed by atoms with E-state index in [1.54, 1.807) is 0 Å². The Morgan fingerprint density at radius 2 is 1.97 bits per heavy atom. The standard InChI is InChI=1S/C25H35N5O2/c1-14-18-10-16(24(18,2)3)11-19(14)28-23-27-13-15-12-25(8-9-26-21(25)31)22(32)30(20(15)29-23)17-6-4-5-7-17/h13-14,16-19H,4-12H2,1-3H3,(H,26,31)(H,27,28,29)/t14-,16?,18?,19?,25+/m0/s1. The van der Waals surface area contributed by atoms with E-state index in [2.05, 4.69) is 36.4 Å². The molecule has 4 aliphatic carbocycles. The lowest BCUT2D eigenvalue weighted by Crippen LogP contribution is -2.58. The fourth-order valence-corrected chi connectivity index (χ4v) is 7.58. The summed E-state index contributed by atoms with van der Waals surface area (Å²) in [6.45, 7) is 7.74. The average molecular weight is 438 g/mol. The number of aromatic nitrogens is 2. The van der Waals surface area contributed by atoms with E-state index < -0.39 is 5.41 Å². The Morgan fingerprint density at radius 3 is 2.62 bits per heavy atom. The summed E-state index contributed by atoms with van der Waals surface area (Å²) in [7, 11) is 0. The minimum absolute atomic E-state index is 0.0504. The number of rotatable bonds is 3. The van der Waals surface area contributed by atoms with Crippen molar-refractivity contribution >= 4 is 23.6 Å². The van der Waals surface area contributed by atoms with Crippen LogP contribution < -0.4 is 15.5 Å². The van der Waals surface area contributed by atoms with E-state index in [1.807, 2.05) is 11.1 Å². The summed E-state index contributed by atoms with van der Waals surface area (Å²) in [4.78, 5) is 38.0. The number of nitrogens with one attached hydrogen (secondary N) is 2. The van der Waals surface area contributed by atoms with Crippen LogP contribution in [0.4, 0.5) is 11.8 Å². The zero-order valence-electron chi connectivity index (χ0n) is 19.5. The van der Waals surface area contributed by atoms with Crippen molar-refractivity contribution in [1.29, 1.82) is 0 Å². The van der Waals surface area contributed by atoms with Gasteiger partial charge in [-0.2, -0.15) is 4.98 Å². The van der Waals surface area contributed by atoms with Crippen molar-refractivity contribution in [1.82, 2.24) is 15.3 Å². The molecule has 1 aromatic rings. The molecule has 3 heterocycles. The Morgan fingerprint density at radius 1 is 1.19 bits per heavy atom. The Balaban J connectivity index is 1.32. The molecule has 1 saturated heterocycles. The van der Waals surface area contributed by atoms with Crippen molar-refractivity contribution in [3.8, 4) is 0 Å². The SMILES string of the molecule is C[C@@H]1C(Nc2ncc3c(n2)N(C2CCCC2)C(=O)[C@]2(CCNC2=O)C3)CC2CC1C2(C)C. The van der Waals surface area contributed by atoms with Gasteiger partial charge < -0.3 is 10.6 Å². The number of nitrogens with zero attached hydrogens (tertiary/aromatic N) is 3. The summed E-state index contributed by atoms with van der Waals surface area (Å²) in [6, 6.07) is 0.507. The molecule has 7 heteroatoms. The van der Waals surface area contributed by atoms with Gasteiger partial charge in [-0.15, -0.1) is 0 Å². The lowest BCUT2D eigenvalue weighted by molar-refractivity contribution is -0.140. The number of amides is 2. The molecule has 2 bridgehead atoms. The summed E-state index contributed by atoms with van der Waals surface area (Å²) in [5.74, 6) is 3.26. The van der Waals surface area contributed by atoms with Gasteiger partial charge in [0.25, 0.3) is 0 Å². The normalized spacial score (nSPS) is 37.9. The van der Waals surface area contributed by atoms with Gasteiger partial charge >= 0.3 is 0 Å². The third kappa shape index (κ3) is 2.72. The molecular formula is C25H35N5O2. The smallest absolute Gasteiger partial charge is 0.244 e. The van der Waals surface area contributed by atoms with Crippen LogP contribution >= 0.6 is 0 Å². The molecule has 5 atom stereocenters. The van der Waals surface area contributed by atoms with E-state index in [0.29, 0.717) is 42.7 Å². The quantitative estimate of drug-likeness (QED) is 0.709. The maximum Gasteiger partial charge on any atom is 0.244 e. The molecule has 1 aromatic heterocycles. The van der Waals surface area contributed by atoms with Crippen molar-refractivity contribution in [3.63, 3.8) is 0 Å². The van der Waals surface area contributed by atoms with E-state index in [-0.39, 0.29) is 17.9 Å². The maximum atomic E-state index is 13.8. The Hall–Kier alpha value is -2.18. The van der Waals surface area contributed by atoms with Crippen LogP contribution in [0.2, 0.25) is 0 Å². The van der Waals surface area contributed by atoms with Gasteiger partial charge in [0.05, 0.1) is 0 Å². The molecule has 172 valence electrons. The summed E-state index contributed by atoms with van der Waals surface area (Å²) < 4.78 is 0. The zero-order valence-corrected chi connectivity index (χ0v) is 19.5. The molecule has 4 saturated carbocycles. The Bertz CT molecular complexity index is 971. The highest BCUT2D eigenvalue weighted by atomic mass is 16.2. The molecule has 2 amide bonds. The number of fused-ring (bicyclic) bond motifs is 3. The summed E-state index contributed by atoms with van der Waals surface area (Å²) in [6.07, 6.45) is 9.53. The second kappa shape index (κ2) is 6.91. The van der Waals surface area contributed by atoms with Crippen LogP contribution in [0, 0.1) is 28.6 Å². The number of carbonyl (C=O) groups excluding carboxylic acids is 2. The topological polar surface area (TPSA) is 87.2 Å². The molecule has 7 nitrogen and oxygen atoms in total. The van der Waals surface area contributed by atoms with Gasteiger partial charge in [0, 0.05) is 36.8 Å². The lowest BCUT2D eigenvalue weighted by atomic mass is 9.45. The first-order valence-electron chi connectivity index (χ1n) is 12.6. The van der Waals surface area contributed by atoms with Crippen LogP contribution in [0.5, 0.6) is 0 Å². The van der Waals surface area contributed by atoms with E-state index in [4.69, 9.17) is 4.98 Å². The van der Waals surface area contributed by atoms with Crippen molar-refractivity contribution in [2.24, 2.45) is 28.6 Å². The van der Waals surface area contributed by atoms with Gasteiger partial charge in [0.1, 0.15) is 11.2 Å². The Labute approximate surface area is 190 Å². The lowest BCUT2D eigenvalue weighted by Gasteiger charge is -2.62. The highest BCUT2D eigenvalue weighted by Crippen LogP contribution is 2.61. The molecule has 5 fully saturated rings. The van der Waals surface area contributed by atoms with Gasteiger partial charge in [-0.05, 0) is 55.3 Å². The van der Waals surface area contributed by atoms with Crippen molar-refractivity contribution in [2.75, 3.05) is 16.8 Å². The van der Waals surface area contributed by atoms with Crippen molar-refractivity contribution in [2.45, 2.75) is 84.2 Å². The second-order valence-electron chi connectivity index (χ2n) is 11.6. The first-order valence-corrected chi connectivity index (χ1v) is 12.6. The number of anilines is 2. The fraction of sp³-hybridized carbons (Fsp3) is 0.760. The summed E-state index contributed by atoms with van der Waals surface area (Å²) in [5.41, 5.74) is 0.397. The van der Waals surface area contributed by atoms with Gasteiger partial charge in [-0.1, -0.05) is 33.6 Å². The largest absolute Gasteiger partial charge is 0.355 e. The van der Waals surface area contributed by atoms with E-state index >= 15 is 0 Å². The van der Waals surface area contributed by atoms with Crippen LogP contribution in [0.3, 0.4) is 0 Å². The summed E-state index contributed by atoms with van der Waals surface area (Å²) in [5, 5.41) is 6.53. The number of hydrogen-bond donors (Lipinski definition) is 2. The van der Waals surface area contributed by atoms with Crippen molar-refractivity contribution in [3.05, 3.63) is 11.8 Å². The summed E-state index contributed by atoms with van der Waals surface area (Å²) >= 11 is 0. The third-order valence-electron chi connectivity index (χ3n) is 9.82. The van der Waals surface area contributed by atoms with Crippen LogP contribution in [0.15, 0.2) is 6.20 Å². The monoisotopic (exact) mass is 437 g/mol. The Kier molecular flexibility index (Phi) is 4.41.